The van der Waals surface area contributed by atoms with E-state index in [1.165, 1.54) is 0 Å². The number of anilines is 1. The number of rotatable bonds is 7. The molecule has 0 radical (unpaired) electrons. The Hall–Kier alpha value is -2.04. The molecule has 23 heavy (non-hydrogen) atoms. The molecule has 0 bridgehead atoms. The molecule has 2 amide bonds. The van der Waals surface area contributed by atoms with Crippen LogP contribution in [0.1, 0.15) is 34.1 Å². The van der Waals surface area contributed by atoms with Crippen molar-refractivity contribution in [2.75, 3.05) is 18.4 Å². The zero-order chi connectivity index (χ0) is 17.0. The number of ether oxygens (including phenoxy) is 1. The molecular weight excluding hydrogens is 292 g/mol. The monoisotopic (exact) mass is 318 g/mol. The highest BCUT2D eigenvalue weighted by Gasteiger charge is 2.49. The lowest BCUT2D eigenvalue weighted by Gasteiger charge is -2.18. The third kappa shape index (κ3) is 4.24. The van der Waals surface area contributed by atoms with Crippen LogP contribution in [-0.4, -0.2) is 35.9 Å². The minimum Gasteiger partial charge on any atom is -0.489 e. The SMILES string of the molecule is CCN(CC)C(=O)C1CC1C(=O)Nc1ccccc1OC(C)C. The minimum atomic E-state index is -0.227. The van der Waals surface area contributed by atoms with Gasteiger partial charge >= 0.3 is 0 Å². The van der Waals surface area contributed by atoms with Gasteiger partial charge in [-0.1, -0.05) is 12.1 Å². The molecule has 0 aromatic heterocycles. The highest BCUT2D eigenvalue weighted by molar-refractivity contribution is 6.00. The number of hydrogen-bond acceptors (Lipinski definition) is 3. The summed E-state index contributed by atoms with van der Waals surface area (Å²) < 4.78 is 5.70. The van der Waals surface area contributed by atoms with Gasteiger partial charge in [-0.2, -0.15) is 0 Å². The smallest absolute Gasteiger partial charge is 0.228 e. The first-order chi connectivity index (χ1) is 11.0. The van der Waals surface area contributed by atoms with Gasteiger partial charge in [0.1, 0.15) is 5.75 Å². The van der Waals surface area contributed by atoms with E-state index < -0.39 is 0 Å². The van der Waals surface area contributed by atoms with Gasteiger partial charge in [0.15, 0.2) is 0 Å². The normalized spacial score (nSPS) is 19.3. The Morgan fingerprint density at radius 2 is 1.87 bits per heavy atom. The second-order valence-corrected chi connectivity index (χ2v) is 6.11. The van der Waals surface area contributed by atoms with Crippen LogP contribution >= 0.6 is 0 Å². The van der Waals surface area contributed by atoms with E-state index in [0.717, 1.165) is 0 Å². The van der Waals surface area contributed by atoms with Gasteiger partial charge in [0.05, 0.1) is 23.6 Å². The van der Waals surface area contributed by atoms with Gasteiger partial charge in [-0.05, 0) is 46.2 Å². The van der Waals surface area contributed by atoms with E-state index in [0.29, 0.717) is 30.9 Å². The lowest BCUT2D eigenvalue weighted by Crippen LogP contribution is -2.33. The summed E-state index contributed by atoms with van der Waals surface area (Å²) in [6.45, 7) is 9.17. The molecule has 126 valence electrons. The summed E-state index contributed by atoms with van der Waals surface area (Å²) in [6.07, 6.45) is 0.667. The zero-order valence-electron chi connectivity index (χ0n) is 14.3. The van der Waals surface area contributed by atoms with Gasteiger partial charge in [0.25, 0.3) is 0 Å². The number of benzene rings is 1. The highest BCUT2D eigenvalue weighted by Crippen LogP contribution is 2.41. The number of carbonyl (C=O) groups excluding carboxylic acids is 2. The van der Waals surface area contributed by atoms with Gasteiger partial charge in [-0.3, -0.25) is 9.59 Å². The first-order valence-corrected chi connectivity index (χ1v) is 8.33. The van der Waals surface area contributed by atoms with Gasteiger partial charge in [0.2, 0.25) is 11.8 Å². The van der Waals surface area contributed by atoms with Crippen LogP contribution in [0.5, 0.6) is 5.75 Å². The summed E-state index contributed by atoms with van der Waals surface area (Å²) >= 11 is 0. The summed E-state index contributed by atoms with van der Waals surface area (Å²) in [7, 11) is 0. The third-order valence-corrected chi connectivity index (χ3v) is 4.03. The van der Waals surface area contributed by atoms with Crippen molar-refractivity contribution in [2.24, 2.45) is 11.8 Å². The van der Waals surface area contributed by atoms with E-state index in [9.17, 15) is 9.59 Å². The van der Waals surface area contributed by atoms with Crippen LogP contribution in [0.25, 0.3) is 0 Å². The van der Waals surface area contributed by atoms with Gasteiger partial charge in [-0.25, -0.2) is 0 Å². The van der Waals surface area contributed by atoms with Crippen LogP contribution < -0.4 is 10.1 Å². The molecule has 1 aliphatic carbocycles. The molecular formula is C18H26N2O3. The maximum atomic E-state index is 12.4. The van der Waals surface area contributed by atoms with Gasteiger partial charge < -0.3 is 15.0 Å². The average Bonchev–Trinajstić information content (AvgIpc) is 3.30. The molecule has 1 aliphatic rings. The van der Waals surface area contributed by atoms with Crippen LogP contribution in [0.2, 0.25) is 0 Å². The Bertz CT molecular complexity index is 567. The van der Waals surface area contributed by atoms with E-state index in [1.54, 1.807) is 4.90 Å². The zero-order valence-corrected chi connectivity index (χ0v) is 14.3. The standard InChI is InChI=1S/C18H26N2O3/c1-5-20(6-2)18(22)14-11-13(14)17(21)19-15-9-7-8-10-16(15)23-12(3)4/h7-10,12-14H,5-6,11H2,1-4H3,(H,19,21). The molecule has 2 rings (SSSR count). The number of nitrogens with zero attached hydrogens (tertiary/aromatic N) is 1. The number of nitrogens with one attached hydrogen (secondary N) is 1. The summed E-state index contributed by atoms with van der Waals surface area (Å²) in [5.41, 5.74) is 0.659. The van der Waals surface area contributed by atoms with Crippen molar-refractivity contribution in [3.8, 4) is 5.75 Å². The molecule has 5 heteroatoms. The van der Waals surface area contributed by atoms with E-state index in [-0.39, 0.29) is 29.8 Å². The summed E-state index contributed by atoms with van der Waals surface area (Å²) in [5.74, 6) is 0.239. The quantitative estimate of drug-likeness (QED) is 0.841. The largest absolute Gasteiger partial charge is 0.489 e. The van der Waals surface area contributed by atoms with Crippen LogP contribution in [0.4, 0.5) is 5.69 Å². The molecule has 0 saturated heterocycles. The lowest BCUT2D eigenvalue weighted by molar-refractivity contribution is -0.133. The number of hydrogen-bond donors (Lipinski definition) is 1. The van der Waals surface area contributed by atoms with Crippen molar-refractivity contribution < 1.29 is 14.3 Å². The Morgan fingerprint density at radius 3 is 2.48 bits per heavy atom. The van der Waals surface area contributed by atoms with E-state index in [1.807, 2.05) is 52.0 Å². The van der Waals surface area contributed by atoms with Crippen LogP contribution in [-0.2, 0) is 9.59 Å². The second-order valence-electron chi connectivity index (χ2n) is 6.11. The van der Waals surface area contributed by atoms with E-state index in [4.69, 9.17) is 4.74 Å². The van der Waals surface area contributed by atoms with Crippen molar-refractivity contribution >= 4 is 17.5 Å². The number of carbonyl (C=O) groups is 2. The average molecular weight is 318 g/mol. The molecule has 0 spiro atoms. The topological polar surface area (TPSA) is 58.6 Å². The Balaban J connectivity index is 1.98. The van der Waals surface area contributed by atoms with Gasteiger partial charge in [-0.15, -0.1) is 0 Å². The maximum absolute atomic E-state index is 12.4. The Labute approximate surface area is 138 Å². The predicted molar refractivity (Wildman–Crippen MR) is 90.4 cm³/mol. The summed E-state index contributed by atoms with van der Waals surface area (Å²) in [5, 5.41) is 2.90. The molecule has 0 heterocycles. The lowest BCUT2D eigenvalue weighted by atomic mass is 10.2. The van der Waals surface area contributed by atoms with Gasteiger partial charge in [0, 0.05) is 13.1 Å². The summed E-state index contributed by atoms with van der Waals surface area (Å²) in [6, 6.07) is 7.38. The maximum Gasteiger partial charge on any atom is 0.228 e. The molecule has 5 nitrogen and oxygen atoms in total. The molecule has 1 aromatic rings. The predicted octanol–water partition coefficient (Wildman–Crippen LogP) is 2.92. The highest BCUT2D eigenvalue weighted by atomic mass is 16.5. The van der Waals surface area contributed by atoms with E-state index in [2.05, 4.69) is 5.32 Å². The molecule has 1 saturated carbocycles. The fourth-order valence-corrected chi connectivity index (χ4v) is 2.68. The number of amides is 2. The van der Waals surface area contributed by atoms with Crippen molar-refractivity contribution in [1.29, 1.82) is 0 Å². The van der Waals surface area contributed by atoms with Crippen LogP contribution in [0.15, 0.2) is 24.3 Å². The van der Waals surface area contributed by atoms with Crippen molar-refractivity contribution in [3.63, 3.8) is 0 Å². The van der Waals surface area contributed by atoms with Crippen molar-refractivity contribution in [2.45, 2.75) is 40.2 Å². The minimum absolute atomic E-state index is 0.0333. The Morgan fingerprint density at radius 1 is 1.22 bits per heavy atom. The summed E-state index contributed by atoms with van der Waals surface area (Å²) in [4.78, 5) is 26.4. The molecule has 0 aliphatic heterocycles. The van der Waals surface area contributed by atoms with Crippen LogP contribution in [0.3, 0.4) is 0 Å². The fourth-order valence-electron chi connectivity index (χ4n) is 2.68. The third-order valence-electron chi connectivity index (χ3n) is 4.03. The number of para-hydroxylation sites is 2. The fraction of sp³-hybridized carbons (Fsp3) is 0.556. The molecule has 1 N–H and O–H groups in total. The van der Waals surface area contributed by atoms with Crippen molar-refractivity contribution in [1.82, 2.24) is 4.90 Å². The van der Waals surface area contributed by atoms with Crippen LogP contribution in [0, 0.1) is 11.8 Å². The van der Waals surface area contributed by atoms with E-state index >= 15 is 0 Å². The Kier molecular flexibility index (Phi) is 5.64. The molecule has 2 atom stereocenters. The van der Waals surface area contributed by atoms with Crippen molar-refractivity contribution in [3.05, 3.63) is 24.3 Å². The molecule has 1 fully saturated rings. The second kappa shape index (κ2) is 7.49. The molecule has 2 unspecified atom stereocenters. The molecule has 1 aromatic carbocycles. The first-order valence-electron chi connectivity index (χ1n) is 8.33. The first kappa shape index (κ1) is 17.3.